The van der Waals surface area contributed by atoms with Crippen LogP contribution in [0.1, 0.15) is 51.9 Å². The van der Waals surface area contributed by atoms with E-state index in [9.17, 15) is 19.5 Å². The molecule has 3 fully saturated rings. The number of urea groups is 1. The van der Waals surface area contributed by atoms with Crippen molar-refractivity contribution in [3.63, 3.8) is 0 Å². The maximum atomic E-state index is 13.0. The Morgan fingerprint density at radius 2 is 1.62 bits per heavy atom. The Bertz CT molecular complexity index is 852. The van der Waals surface area contributed by atoms with E-state index in [-0.39, 0.29) is 30.4 Å². The lowest BCUT2D eigenvalue weighted by Gasteiger charge is -2.47. The summed E-state index contributed by atoms with van der Waals surface area (Å²) in [4.78, 5) is 42.3. The van der Waals surface area contributed by atoms with Crippen molar-refractivity contribution in [2.75, 3.05) is 31.1 Å². The van der Waals surface area contributed by atoms with Gasteiger partial charge in [-0.2, -0.15) is 0 Å². The van der Waals surface area contributed by atoms with Crippen LogP contribution in [-0.4, -0.2) is 77.5 Å². The first kappa shape index (κ1) is 24.5. The van der Waals surface area contributed by atoms with Gasteiger partial charge in [0.05, 0.1) is 6.10 Å². The molecule has 1 aliphatic carbocycles. The monoisotopic (exact) mass is 472 g/mol. The van der Waals surface area contributed by atoms with Gasteiger partial charge in [-0.25, -0.2) is 4.79 Å². The Kier molecular flexibility index (Phi) is 8.05. The first-order valence-corrected chi connectivity index (χ1v) is 12.5. The van der Waals surface area contributed by atoms with E-state index in [0.717, 1.165) is 37.8 Å². The van der Waals surface area contributed by atoms with Crippen LogP contribution in [0.25, 0.3) is 0 Å². The van der Waals surface area contributed by atoms with Gasteiger partial charge in [0.2, 0.25) is 11.8 Å². The van der Waals surface area contributed by atoms with E-state index in [1.165, 1.54) is 4.90 Å². The summed E-state index contributed by atoms with van der Waals surface area (Å²) >= 11 is 0. The lowest BCUT2D eigenvalue weighted by Crippen LogP contribution is -2.65. The standard InChI is InChI=1S/C25H36N4O5/c1-18(30)27-14-12-21(13-15-27)34-24-23(32)29(17-16-28(24)20-10-6-3-7-11-20)25(33)26-22(31)19-8-4-2-5-9-19/h3,6-7,10-11,19,21,23-24,32H,2,4-5,8-9,12-17H2,1H3,(H,26,31,33). The molecular formula is C25H36N4O5. The molecule has 34 heavy (non-hydrogen) atoms. The summed E-state index contributed by atoms with van der Waals surface area (Å²) in [6, 6.07) is 9.09. The molecular weight excluding hydrogens is 436 g/mol. The summed E-state index contributed by atoms with van der Waals surface area (Å²) in [5.74, 6) is -0.344. The number of rotatable bonds is 4. The molecule has 0 aromatic heterocycles. The molecule has 0 bridgehead atoms. The SMILES string of the molecule is CC(=O)N1CCC(OC2C(O)N(C(=O)NC(=O)C3CCCCC3)CCN2c2ccccc2)CC1. The lowest BCUT2D eigenvalue weighted by molar-refractivity contribution is -0.149. The second-order valence-electron chi connectivity index (χ2n) is 9.50. The molecule has 4 amide bonds. The van der Waals surface area contributed by atoms with E-state index in [1.54, 1.807) is 11.8 Å². The van der Waals surface area contributed by atoms with Crippen molar-refractivity contribution in [1.82, 2.24) is 15.1 Å². The molecule has 0 spiro atoms. The van der Waals surface area contributed by atoms with E-state index in [1.807, 2.05) is 35.2 Å². The fraction of sp³-hybridized carbons (Fsp3) is 0.640. The van der Waals surface area contributed by atoms with Gasteiger partial charge in [0, 0.05) is 44.7 Å². The van der Waals surface area contributed by atoms with Gasteiger partial charge < -0.3 is 19.6 Å². The molecule has 0 radical (unpaired) electrons. The largest absolute Gasteiger partial charge is 0.369 e. The average molecular weight is 473 g/mol. The van der Waals surface area contributed by atoms with Crippen LogP contribution in [0.2, 0.25) is 0 Å². The van der Waals surface area contributed by atoms with Crippen LogP contribution in [0.3, 0.4) is 0 Å². The second kappa shape index (κ2) is 11.2. The molecule has 2 aliphatic heterocycles. The van der Waals surface area contributed by atoms with Gasteiger partial charge in [-0.1, -0.05) is 37.5 Å². The number of piperidine rings is 1. The highest BCUT2D eigenvalue weighted by atomic mass is 16.5. The van der Waals surface area contributed by atoms with Gasteiger partial charge in [0.25, 0.3) is 0 Å². The summed E-state index contributed by atoms with van der Waals surface area (Å²) in [7, 11) is 0. The van der Waals surface area contributed by atoms with Gasteiger partial charge in [-0.05, 0) is 37.8 Å². The smallest absolute Gasteiger partial charge is 0.326 e. The fourth-order valence-electron chi connectivity index (χ4n) is 5.20. The third-order valence-electron chi connectivity index (χ3n) is 7.24. The van der Waals surface area contributed by atoms with Crippen LogP contribution in [0.5, 0.6) is 0 Å². The molecule has 2 saturated heterocycles. The number of para-hydroxylation sites is 1. The first-order chi connectivity index (χ1) is 16.4. The summed E-state index contributed by atoms with van der Waals surface area (Å²) < 4.78 is 6.37. The predicted octanol–water partition coefficient (Wildman–Crippen LogP) is 2.30. The summed E-state index contributed by atoms with van der Waals surface area (Å²) in [6.45, 7) is 3.50. The Morgan fingerprint density at radius 3 is 2.26 bits per heavy atom. The zero-order chi connectivity index (χ0) is 24.1. The summed E-state index contributed by atoms with van der Waals surface area (Å²) in [5, 5.41) is 13.8. The molecule has 9 heteroatoms. The van der Waals surface area contributed by atoms with Gasteiger partial charge in [0.15, 0.2) is 12.5 Å². The Hall–Kier alpha value is -2.65. The van der Waals surface area contributed by atoms with Crippen LogP contribution in [0, 0.1) is 5.92 Å². The Labute approximate surface area is 201 Å². The number of imide groups is 1. The van der Waals surface area contributed by atoms with Gasteiger partial charge in [-0.15, -0.1) is 0 Å². The van der Waals surface area contributed by atoms with Crippen LogP contribution in [0.15, 0.2) is 30.3 Å². The number of amides is 4. The average Bonchev–Trinajstić information content (AvgIpc) is 2.86. The molecule has 9 nitrogen and oxygen atoms in total. The van der Waals surface area contributed by atoms with Crippen molar-refractivity contribution in [3.8, 4) is 0 Å². The number of ether oxygens (including phenoxy) is 1. The van der Waals surface area contributed by atoms with Crippen molar-refractivity contribution in [3.05, 3.63) is 30.3 Å². The van der Waals surface area contributed by atoms with E-state index in [4.69, 9.17) is 4.74 Å². The van der Waals surface area contributed by atoms with E-state index < -0.39 is 18.5 Å². The zero-order valence-electron chi connectivity index (χ0n) is 19.9. The Balaban J connectivity index is 1.45. The highest BCUT2D eigenvalue weighted by molar-refractivity contribution is 5.95. The van der Waals surface area contributed by atoms with Crippen molar-refractivity contribution >= 4 is 23.5 Å². The maximum absolute atomic E-state index is 13.0. The van der Waals surface area contributed by atoms with Crippen molar-refractivity contribution in [2.45, 2.75) is 70.4 Å². The minimum Gasteiger partial charge on any atom is -0.369 e. The van der Waals surface area contributed by atoms with Gasteiger partial charge >= 0.3 is 6.03 Å². The number of piperazine rings is 1. The number of carbonyl (C=O) groups is 3. The van der Waals surface area contributed by atoms with E-state index in [0.29, 0.717) is 32.5 Å². The number of carbonyl (C=O) groups excluding carboxylic acids is 3. The second-order valence-corrected chi connectivity index (χ2v) is 9.50. The molecule has 1 aromatic carbocycles. The molecule has 2 heterocycles. The zero-order valence-corrected chi connectivity index (χ0v) is 19.9. The van der Waals surface area contributed by atoms with Crippen molar-refractivity contribution in [1.29, 1.82) is 0 Å². The summed E-state index contributed by atoms with van der Waals surface area (Å²) in [6.07, 6.45) is 3.90. The molecule has 1 aromatic rings. The number of hydrogen-bond donors (Lipinski definition) is 2. The van der Waals surface area contributed by atoms with E-state index >= 15 is 0 Å². The highest BCUT2D eigenvalue weighted by Crippen LogP contribution is 2.28. The fourth-order valence-corrected chi connectivity index (χ4v) is 5.20. The molecule has 3 aliphatic rings. The van der Waals surface area contributed by atoms with Crippen LogP contribution in [-0.2, 0) is 14.3 Å². The molecule has 4 rings (SSSR count). The topological polar surface area (TPSA) is 102 Å². The Morgan fingerprint density at radius 1 is 0.941 bits per heavy atom. The number of nitrogens with zero attached hydrogens (tertiary/aromatic N) is 3. The summed E-state index contributed by atoms with van der Waals surface area (Å²) in [5.41, 5.74) is 0.895. The van der Waals surface area contributed by atoms with Crippen LogP contribution in [0.4, 0.5) is 10.5 Å². The number of anilines is 1. The molecule has 186 valence electrons. The normalized spacial score (nSPS) is 24.7. The van der Waals surface area contributed by atoms with Crippen molar-refractivity contribution < 1.29 is 24.2 Å². The first-order valence-electron chi connectivity index (χ1n) is 12.5. The van der Waals surface area contributed by atoms with Gasteiger partial charge in [0.1, 0.15) is 0 Å². The number of aliphatic hydroxyl groups excluding tert-OH is 1. The lowest BCUT2D eigenvalue weighted by atomic mass is 9.89. The third kappa shape index (κ3) is 5.70. The molecule has 2 unspecified atom stereocenters. The maximum Gasteiger partial charge on any atom is 0.326 e. The molecule has 1 saturated carbocycles. The van der Waals surface area contributed by atoms with Gasteiger partial charge in [-0.3, -0.25) is 19.8 Å². The number of aliphatic hydroxyl groups is 1. The van der Waals surface area contributed by atoms with Crippen LogP contribution >= 0.6 is 0 Å². The minimum atomic E-state index is -1.24. The molecule has 2 N–H and O–H groups in total. The quantitative estimate of drug-likeness (QED) is 0.697. The number of nitrogens with one attached hydrogen (secondary N) is 1. The van der Waals surface area contributed by atoms with E-state index in [2.05, 4.69) is 5.32 Å². The molecule has 2 atom stereocenters. The predicted molar refractivity (Wildman–Crippen MR) is 127 cm³/mol. The highest BCUT2D eigenvalue weighted by Gasteiger charge is 2.41. The number of hydrogen-bond acceptors (Lipinski definition) is 6. The minimum absolute atomic E-state index is 0.0487. The number of benzene rings is 1. The third-order valence-corrected chi connectivity index (χ3v) is 7.24. The van der Waals surface area contributed by atoms with Crippen molar-refractivity contribution in [2.24, 2.45) is 5.92 Å². The van der Waals surface area contributed by atoms with Crippen LogP contribution < -0.4 is 10.2 Å². The number of likely N-dealkylation sites (tertiary alicyclic amines) is 1.